The Kier molecular flexibility index (Phi) is 19.5. The fourth-order valence-electron chi connectivity index (χ4n) is 0.714. The maximum Gasteiger partial charge on any atom is 2.00 e. The van der Waals surface area contributed by atoms with Crippen LogP contribution >= 0.6 is 0 Å². The molecule has 10 nitrogen and oxygen atoms in total. The van der Waals surface area contributed by atoms with Crippen LogP contribution in [0.4, 0.5) is 0 Å². The van der Waals surface area contributed by atoms with Crippen molar-refractivity contribution in [2.24, 2.45) is 0 Å². The van der Waals surface area contributed by atoms with Crippen LogP contribution in [0.5, 0.6) is 0 Å². The fourth-order valence-corrected chi connectivity index (χ4v) is 0.714. The molecular weight excluding hydrogens is 348 g/mol. The first-order valence-corrected chi connectivity index (χ1v) is 4.72. The summed E-state index contributed by atoms with van der Waals surface area (Å²) in [5.41, 5.74) is -2.74. The molecule has 6 N–H and O–H groups in total. The van der Waals surface area contributed by atoms with Crippen molar-refractivity contribution in [1.82, 2.24) is 0 Å². The molecule has 0 aliphatic rings. The van der Waals surface area contributed by atoms with E-state index in [1.54, 1.807) is 0 Å². The van der Waals surface area contributed by atoms with Crippen LogP contribution < -0.4 is 0 Å². The van der Waals surface area contributed by atoms with Crippen LogP contribution in [0.3, 0.4) is 0 Å². The van der Waals surface area contributed by atoms with E-state index >= 15 is 0 Å². The summed E-state index contributed by atoms with van der Waals surface area (Å²) in [6, 6.07) is 0. The van der Waals surface area contributed by atoms with E-state index in [4.69, 9.17) is 30.6 Å². The Morgan fingerprint density at radius 1 is 0.952 bits per heavy atom. The fraction of sp³-hybridized carbons (Fsp3) is 0.556. The Hall–Kier alpha value is 0.319. The van der Waals surface area contributed by atoms with Crippen LogP contribution in [0.2, 0.25) is 0 Å². The molecule has 1 atom stereocenters. The Labute approximate surface area is 184 Å². The van der Waals surface area contributed by atoms with E-state index in [0.717, 1.165) is 0 Å². The van der Waals surface area contributed by atoms with E-state index in [9.17, 15) is 19.2 Å². The van der Waals surface area contributed by atoms with Gasteiger partial charge in [0.25, 0.3) is 0 Å². The van der Waals surface area contributed by atoms with E-state index in [1.165, 1.54) is 6.92 Å². The van der Waals surface area contributed by atoms with Gasteiger partial charge in [0.2, 0.25) is 0 Å². The van der Waals surface area contributed by atoms with Gasteiger partial charge in [-0.25, -0.2) is 9.59 Å². The topological polar surface area (TPSA) is 190 Å². The van der Waals surface area contributed by atoms with Crippen LogP contribution in [0, 0.1) is 0 Å². The number of hydrogen-bond acceptors (Lipinski definition) is 6. The van der Waals surface area contributed by atoms with Gasteiger partial charge in [0, 0.05) is 0 Å². The zero-order valence-electron chi connectivity index (χ0n) is 15.2. The molecule has 118 valence electrons. The number of carbonyl (C=O) groups is 4. The van der Waals surface area contributed by atoms with Crippen molar-refractivity contribution in [2.45, 2.75) is 31.5 Å². The third-order valence-electron chi connectivity index (χ3n) is 1.64. The Balaban J connectivity index is -0.0000000358. The summed E-state index contributed by atoms with van der Waals surface area (Å²) in [6.45, 7) is 1.20. The van der Waals surface area contributed by atoms with Gasteiger partial charge >= 0.3 is 99.4 Å². The van der Waals surface area contributed by atoms with Gasteiger partial charge < -0.3 is 36.3 Å². The van der Waals surface area contributed by atoms with Crippen molar-refractivity contribution in [3.05, 3.63) is 0 Å². The third-order valence-corrected chi connectivity index (χ3v) is 1.64. The molecule has 0 aromatic rings. The molecule has 0 aromatic heterocycles. The minimum Gasteiger partial charge on any atom is -1.00 e. The summed E-state index contributed by atoms with van der Waals surface area (Å²) in [7, 11) is 0. The van der Waals surface area contributed by atoms with Crippen molar-refractivity contribution in [2.75, 3.05) is 0 Å². The van der Waals surface area contributed by atoms with E-state index in [0.29, 0.717) is 0 Å². The molecular formula is C9H18Ca2O10. The van der Waals surface area contributed by atoms with E-state index in [-0.39, 0.29) is 81.2 Å². The molecule has 0 aliphatic heterocycles. The number of aliphatic carboxylic acids is 4. The van der Waals surface area contributed by atoms with Gasteiger partial charge in [0.1, 0.15) is 6.10 Å². The number of hydrogen-bond donors (Lipinski definition) is 6. The molecule has 0 aliphatic carbocycles. The SMILES string of the molecule is CC(O)C(=O)O.O=C(O)CC(O)(CC(=O)O)C(=O)O.[Ca+2].[Ca+2].[H-].[H-].[H-].[H-]. The van der Waals surface area contributed by atoms with Gasteiger partial charge in [-0.15, -0.1) is 0 Å². The minimum absolute atomic E-state index is 0. The molecule has 0 rings (SSSR count). The van der Waals surface area contributed by atoms with E-state index in [1.807, 2.05) is 0 Å². The van der Waals surface area contributed by atoms with Crippen LogP contribution in [0.25, 0.3) is 0 Å². The number of rotatable bonds is 6. The second kappa shape index (κ2) is 13.9. The summed E-state index contributed by atoms with van der Waals surface area (Å²) in [6.07, 6.45) is -3.52. The zero-order chi connectivity index (χ0) is 15.8. The molecule has 12 heteroatoms. The number of aliphatic hydroxyl groups excluding tert-OH is 1. The Bertz CT molecular complexity index is 367. The van der Waals surface area contributed by atoms with Crippen molar-refractivity contribution in [1.29, 1.82) is 0 Å². The van der Waals surface area contributed by atoms with Crippen molar-refractivity contribution in [3.63, 3.8) is 0 Å². The van der Waals surface area contributed by atoms with Crippen molar-refractivity contribution in [3.8, 4) is 0 Å². The van der Waals surface area contributed by atoms with Gasteiger partial charge in [-0.2, -0.15) is 0 Å². The average Bonchev–Trinajstić information content (AvgIpc) is 2.14. The maximum atomic E-state index is 10.3. The normalized spacial score (nSPS) is 10.6. The smallest absolute Gasteiger partial charge is 1.00 e. The second-order valence-electron chi connectivity index (χ2n) is 3.49. The molecule has 0 heterocycles. The summed E-state index contributed by atoms with van der Waals surface area (Å²) in [5.74, 6) is -6.20. The summed E-state index contributed by atoms with van der Waals surface area (Å²) in [4.78, 5) is 39.9. The van der Waals surface area contributed by atoms with Gasteiger partial charge in [-0.1, -0.05) is 0 Å². The Morgan fingerprint density at radius 2 is 1.19 bits per heavy atom. The predicted octanol–water partition coefficient (Wildman–Crippen LogP) is -2.11. The molecule has 21 heavy (non-hydrogen) atoms. The second-order valence-corrected chi connectivity index (χ2v) is 3.49. The zero-order valence-corrected chi connectivity index (χ0v) is 15.6. The molecule has 1 unspecified atom stereocenters. The molecule has 0 radical (unpaired) electrons. The number of carboxylic acid groups (broad SMARTS) is 4. The molecule has 0 bridgehead atoms. The first-order chi connectivity index (χ1) is 8.42. The van der Waals surface area contributed by atoms with Crippen LogP contribution in [-0.2, 0) is 19.2 Å². The van der Waals surface area contributed by atoms with Crippen LogP contribution in [0.15, 0.2) is 0 Å². The van der Waals surface area contributed by atoms with Crippen LogP contribution in [-0.4, -0.2) is 142 Å². The largest absolute Gasteiger partial charge is 2.00 e. The molecule has 0 fully saturated rings. The quantitative estimate of drug-likeness (QED) is 0.284. The summed E-state index contributed by atoms with van der Waals surface area (Å²) < 4.78 is 0. The van der Waals surface area contributed by atoms with Gasteiger partial charge in [-0.05, 0) is 6.92 Å². The number of carboxylic acids is 4. The first-order valence-electron chi connectivity index (χ1n) is 4.72. The van der Waals surface area contributed by atoms with Gasteiger partial charge in [0.15, 0.2) is 5.60 Å². The Morgan fingerprint density at radius 3 is 1.29 bits per heavy atom. The van der Waals surface area contributed by atoms with Crippen LogP contribution in [0.1, 0.15) is 25.5 Å². The standard InChI is InChI=1S/C6H8O7.C3H6O3.2Ca.4H/c7-3(8)1-6(13,5(11)12)2-4(9)10;1-2(4)3(5)6;;;;;;/h13H,1-2H2,(H,7,8)(H,9,10)(H,11,12);2,4H,1H3,(H,5,6);;;;;;/q;;2*+2;4*-1. The average molecular weight is 366 g/mol. The third kappa shape index (κ3) is 16.5. The van der Waals surface area contributed by atoms with Gasteiger partial charge in [-0.3, -0.25) is 9.59 Å². The van der Waals surface area contributed by atoms with Crippen molar-refractivity contribution < 1.29 is 55.5 Å². The minimum atomic E-state index is -2.74. The van der Waals surface area contributed by atoms with Gasteiger partial charge in [0.05, 0.1) is 12.8 Å². The molecule has 0 aromatic carbocycles. The molecule has 0 saturated heterocycles. The molecule has 0 amide bonds. The summed E-state index contributed by atoms with van der Waals surface area (Å²) in [5, 5.41) is 49.6. The van der Waals surface area contributed by atoms with E-state index < -0.39 is 48.4 Å². The first kappa shape index (κ1) is 29.3. The summed E-state index contributed by atoms with van der Waals surface area (Å²) >= 11 is 0. The predicted molar refractivity (Wildman–Crippen MR) is 72.4 cm³/mol. The molecule has 0 saturated carbocycles. The van der Waals surface area contributed by atoms with Crippen molar-refractivity contribution >= 4 is 99.4 Å². The maximum absolute atomic E-state index is 10.3. The van der Waals surface area contributed by atoms with E-state index in [2.05, 4.69) is 0 Å². The number of aliphatic hydroxyl groups is 2. The molecule has 0 spiro atoms. The monoisotopic (exact) mass is 366 g/mol.